The number of benzene rings is 2. The van der Waals surface area contributed by atoms with E-state index >= 15 is 0 Å². The lowest BCUT2D eigenvalue weighted by molar-refractivity contribution is -0.385. The van der Waals surface area contributed by atoms with E-state index in [2.05, 4.69) is 12.2 Å². The molecule has 0 atom stereocenters. The molecule has 2 aromatic rings. The summed E-state index contributed by atoms with van der Waals surface area (Å²) in [6.07, 6.45) is 0.973. The summed E-state index contributed by atoms with van der Waals surface area (Å²) >= 11 is 1.96. The molecule has 2 aromatic carbocycles. The molecule has 0 radical (unpaired) electrons. The van der Waals surface area contributed by atoms with E-state index in [0.29, 0.717) is 10.2 Å². The fraction of sp³-hybridized carbons (Fsp3) is 0.200. The normalized spacial score (nSPS) is 10.2. The number of nitro groups is 1. The second-order valence-corrected chi connectivity index (χ2v) is 5.58. The molecule has 0 saturated heterocycles. The van der Waals surface area contributed by atoms with Gasteiger partial charge in [-0.1, -0.05) is 6.92 Å². The minimum atomic E-state index is -0.384. The number of nitro benzene ring substituents is 1. The maximum Gasteiger partial charge on any atom is 0.282 e. The Kier molecular flexibility index (Phi) is 5.38. The van der Waals surface area contributed by atoms with Crippen molar-refractivity contribution in [2.75, 3.05) is 11.9 Å². The SMILES string of the molecule is CCCOc1ccc(Nc2ccc([N+](=O)[O-])c(I)c2)cc1. The Morgan fingerprint density at radius 2 is 1.86 bits per heavy atom. The largest absolute Gasteiger partial charge is 0.494 e. The van der Waals surface area contributed by atoms with Crippen LogP contribution in [0.2, 0.25) is 0 Å². The number of ether oxygens (including phenoxy) is 1. The van der Waals surface area contributed by atoms with Gasteiger partial charge in [0, 0.05) is 17.4 Å². The summed E-state index contributed by atoms with van der Waals surface area (Å²) in [7, 11) is 0. The zero-order chi connectivity index (χ0) is 15.2. The van der Waals surface area contributed by atoms with E-state index in [0.717, 1.165) is 23.5 Å². The van der Waals surface area contributed by atoms with E-state index in [9.17, 15) is 10.1 Å². The second kappa shape index (κ2) is 7.26. The highest BCUT2D eigenvalue weighted by atomic mass is 127. The molecule has 21 heavy (non-hydrogen) atoms. The minimum Gasteiger partial charge on any atom is -0.494 e. The Hall–Kier alpha value is -1.83. The Morgan fingerprint density at radius 3 is 2.43 bits per heavy atom. The summed E-state index contributed by atoms with van der Waals surface area (Å²) in [6, 6.07) is 12.6. The lowest BCUT2D eigenvalue weighted by Gasteiger charge is -2.09. The number of rotatable bonds is 6. The number of halogens is 1. The van der Waals surface area contributed by atoms with Crippen molar-refractivity contribution < 1.29 is 9.66 Å². The third-order valence-electron chi connectivity index (χ3n) is 2.76. The third-order valence-corrected chi connectivity index (χ3v) is 3.62. The molecule has 1 N–H and O–H groups in total. The first-order valence-corrected chi connectivity index (χ1v) is 7.62. The van der Waals surface area contributed by atoms with E-state index in [4.69, 9.17) is 4.74 Å². The van der Waals surface area contributed by atoms with Gasteiger partial charge in [-0.2, -0.15) is 0 Å². The second-order valence-electron chi connectivity index (χ2n) is 4.42. The van der Waals surface area contributed by atoms with Crippen molar-refractivity contribution in [2.24, 2.45) is 0 Å². The first-order valence-electron chi connectivity index (χ1n) is 6.54. The molecule has 110 valence electrons. The fourth-order valence-corrected chi connectivity index (χ4v) is 2.47. The number of hydrogen-bond acceptors (Lipinski definition) is 4. The molecule has 0 fully saturated rings. The van der Waals surface area contributed by atoms with Crippen LogP contribution < -0.4 is 10.1 Å². The van der Waals surface area contributed by atoms with Crippen LogP contribution in [-0.2, 0) is 0 Å². The molecule has 5 nitrogen and oxygen atoms in total. The van der Waals surface area contributed by atoms with Gasteiger partial charge in [-0.15, -0.1) is 0 Å². The van der Waals surface area contributed by atoms with E-state index in [1.807, 2.05) is 46.9 Å². The summed E-state index contributed by atoms with van der Waals surface area (Å²) < 4.78 is 6.12. The van der Waals surface area contributed by atoms with Crippen LogP contribution in [0.25, 0.3) is 0 Å². The summed E-state index contributed by atoms with van der Waals surface area (Å²) in [5.41, 5.74) is 1.83. The Balaban J connectivity index is 2.07. The van der Waals surface area contributed by atoms with Crippen molar-refractivity contribution in [3.05, 3.63) is 56.1 Å². The number of nitrogens with zero attached hydrogens (tertiary/aromatic N) is 1. The molecule has 6 heteroatoms. The van der Waals surface area contributed by atoms with Crippen LogP contribution in [-0.4, -0.2) is 11.5 Å². The van der Waals surface area contributed by atoms with Gasteiger partial charge in [-0.05, 0) is 65.4 Å². The van der Waals surface area contributed by atoms with Crippen molar-refractivity contribution >= 4 is 39.7 Å². The van der Waals surface area contributed by atoms with Crippen molar-refractivity contribution in [1.82, 2.24) is 0 Å². The lowest BCUT2D eigenvalue weighted by atomic mass is 10.2. The average molecular weight is 398 g/mol. The molecule has 0 unspecified atom stereocenters. The molecule has 0 aliphatic heterocycles. The summed E-state index contributed by atoms with van der Waals surface area (Å²) in [6.45, 7) is 2.76. The maximum absolute atomic E-state index is 10.8. The molecule has 0 bridgehead atoms. The van der Waals surface area contributed by atoms with Gasteiger partial charge in [0.25, 0.3) is 5.69 Å². The zero-order valence-electron chi connectivity index (χ0n) is 11.5. The highest BCUT2D eigenvalue weighted by molar-refractivity contribution is 14.1. The van der Waals surface area contributed by atoms with Crippen LogP contribution in [0.15, 0.2) is 42.5 Å². The molecule has 0 aliphatic carbocycles. The molecule has 0 saturated carbocycles. The van der Waals surface area contributed by atoms with Gasteiger partial charge in [-0.25, -0.2) is 0 Å². The highest BCUT2D eigenvalue weighted by Crippen LogP contribution is 2.26. The predicted molar refractivity (Wildman–Crippen MR) is 91.3 cm³/mol. The van der Waals surface area contributed by atoms with Crippen LogP contribution >= 0.6 is 22.6 Å². The van der Waals surface area contributed by atoms with Crippen molar-refractivity contribution in [3.8, 4) is 5.75 Å². The predicted octanol–water partition coefficient (Wildman–Crippen LogP) is 4.73. The third kappa shape index (κ3) is 4.32. The summed E-state index contributed by atoms with van der Waals surface area (Å²) in [5, 5.41) is 14.0. The van der Waals surface area contributed by atoms with Gasteiger partial charge >= 0.3 is 0 Å². The summed E-state index contributed by atoms with van der Waals surface area (Å²) in [5.74, 6) is 0.834. The van der Waals surface area contributed by atoms with Gasteiger partial charge in [0.2, 0.25) is 0 Å². The van der Waals surface area contributed by atoms with Crippen LogP contribution in [0.5, 0.6) is 5.75 Å². The van der Waals surface area contributed by atoms with E-state index in [1.54, 1.807) is 12.1 Å². The Bertz CT molecular complexity index is 629. The lowest BCUT2D eigenvalue weighted by Crippen LogP contribution is -1.96. The molecule has 0 amide bonds. The maximum atomic E-state index is 10.8. The van der Waals surface area contributed by atoms with Gasteiger partial charge in [0.05, 0.1) is 15.1 Å². The van der Waals surface area contributed by atoms with Gasteiger partial charge in [-0.3, -0.25) is 10.1 Å². The van der Waals surface area contributed by atoms with Crippen LogP contribution in [0.1, 0.15) is 13.3 Å². The van der Waals surface area contributed by atoms with Gasteiger partial charge in [0.1, 0.15) is 5.75 Å². The van der Waals surface area contributed by atoms with E-state index in [-0.39, 0.29) is 10.6 Å². The molecule has 2 rings (SSSR count). The number of nitrogens with one attached hydrogen (secondary N) is 1. The first kappa shape index (κ1) is 15.6. The van der Waals surface area contributed by atoms with Crippen molar-refractivity contribution in [1.29, 1.82) is 0 Å². The molecule has 0 spiro atoms. The number of anilines is 2. The van der Waals surface area contributed by atoms with Crippen molar-refractivity contribution in [2.45, 2.75) is 13.3 Å². The zero-order valence-corrected chi connectivity index (χ0v) is 13.7. The van der Waals surface area contributed by atoms with Gasteiger partial charge < -0.3 is 10.1 Å². The standard InChI is InChI=1S/C15H15IN2O3/c1-2-9-21-13-6-3-11(4-7-13)17-12-5-8-15(18(19)20)14(16)10-12/h3-8,10,17H,2,9H2,1H3. The fourth-order valence-electron chi connectivity index (χ4n) is 1.75. The van der Waals surface area contributed by atoms with Crippen LogP contribution in [0.3, 0.4) is 0 Å². The number of hydrogen-bond donors (Lipinski definition) is 1. The molecule has 0 aromatic heterocycles. The smallest absolute Gasteiger partial charge is 0.282 e. The minimum absolute atomic E-state index is 0.115. The van der Waals surface area contributed by atoms with E-state index < -0.39 is 0 Å². The van der Waals surface area contributed by atoms with Crippen LogP contribution in [0, 0.1) is 13.7 Å². The van der Waals surface area contributed by atoms with Gasteiger partial charge in [0.15, 0.2) is 0 Å². The monoisotopic (exact) mass is 398 g/mol. The molecular weight excluding hydrogens is 383 g/mol. The average Bonchev–Trinajstić information content (AvgIpc) is 2.46. The Morgan fingerprint density at radius 1 is 1.19 bits per heavy atom. The topological polar surface area (TPSA) is 64.4 Å². The quantitative estimate of drug-likeness (QED) is 0.434. The van der Waals surface area contributed by atoms with Crippen LogP contribution in [0.4, 0.5) is 17.1 Å². The molecule has 0 heterocycles. The van der Waals surface area contributed by atoms with Crippen molar-refractivity contribution in [3.63, 3.8) is 0 Å². The molecular formula is C15H15IN2O3. The Labute approximate surface area is 136 Å². The van der Waals surface area contributed by atoms with E-state index in [1.165, 1.54) is 6.07 Å². The first-order chi connectivity index (χ1) is 10.1. The molecule has 0 aliphatic rings. The highest BCUT2D eigenvalue weighted by Gasteiger charge is 2.11. The summed E-state index contributed by atoms with van der Waals surface area (Å²) in [4.78, 5) is 10.4.